The Morgan fingerprint density at radius 3 is 1.77 bits per heavy atom. The van der Waals surface area contributed by atoms with Crippen molar-refractivity contribution in [3.63, 3.8) is 0 Å². The highest BCUT2D eigenvalue weighted by Crippen LogP contribution is 2.05. The van der Waals surface area contributed by atoms with Crippen LogP contribution in [0.5, 0.6) is 0 Å². The van der Waals surface area contributed by atoms with Crippen LogP contribution in [-0.4, -0.2) is 53.0 Å². The van der Waals surface area contributed by atoms with E-state index in [0.717, 1.165) is 19.6 Å². The minimum Gasteiger partial charge on any atom is -0.396 e. The van der Waals surface area contributed by atoms with Gasteiger partial charge in [-0.05, 0) is 18.9 Å². The van der Waals surface area contributed by atoms with Crippen LogP contribution in [0.2, 0.25) is 0 Å². The Labute approximate surface area is 159 Å². The number of aliphatic hydroxyl groups is 4. The highest BCUT2D eigenvalue weighted by atomic mass is 16.5. The molecule has 0 saturated carbocycles. The maximum absolute atomic E-state index is 8.47. The quantitative estimate of drug-likeness (QED) is 0.423. The lowest BCUT2D eigenvalue weighted by atomic mass is 10.1. The summed E-state index contributed by atoms with van der Waals surface area (Å²) in [4.78, 5) is 0. The zero-order chi connectivity index (χ0) is 19.9. The molecule has 4 N–H and O–H groups in total. The van der Waals surface area contributed by atoms with Crippen LogP contribution < -0.4 is 0 Å². The fourth-order valence-electron chi connectivity index (χ4n) is 1.92. The van der Waals surface area contributed by atoms with Gasteiger partial charge in [0.1, 0.15) is 6.10 Å². The van der Waals surface area contributed by atoms with Crippen molar-refractivity contribution in [2.75, 3.05) is 26.4 Å². The Morgan fingerprint density at radius 1 is 0.808 bits per heavy atom. The van der Waals surface area contributed by atoms with Gasteiger partial charge in [0, 0.05) is 13.2 Å². The highest BCUT2D eigenvalue weighted by molar-refractivity contribution is 5.13. The molecule has 26 heavy (non-hydrogen) atoms. The second-order valence-electron chi connectivity index (χ2n) is 5.99. The topological polar surface area (TPSA) is 90.2 Å². The molecule has 1 aromatic carbocycles. The number of hydrogen-bond donors (Lipinski definition) is 4. The molecule has 0 aromatic heterocycles. The second kappa shape index (κ2) is 24.0. The number of ether oxygens (including phenoxy) is 1. The van der Waals surface area contributed by atoms with Crippen molar-refractivity contribution < 1.29 is 25.2 Å². The molecular formula is C21H40O5. The summed E-state index contributed by atoms with van der Waals surface area (Å²) in [7, 11) is 0. The van der Waals surface area contributed by atoms with Crippen LogP contribution in [-0.2, 0) is 11.3 Å². The van der Waals surface area contributed by atoms with Gasteiger partial charge in [-0.15, -0.1) is 0 Å². The molecule has 0 aliphatic carbocycles. The minimum atomic E-state index is -0.954. The summed E-state index contributed by atoms with van der Waals surface area (Å²) in [5.74, 6) is 0. The summed E-state index contributed by atoms with van der Waals surface area (Å²) in [5.41, 5.74) is 1.24. The molecule has 0 amide bonds. The molecule has 0 bridgehead atoms. The molecule has 0 aliphatic heterocycles. The van der Waals surface area contributed by atoms with Crippen molar-refractivity contribution in [1.82, 2.24) is 0 Å². The minimum absolute atomic E-state index is 0.365. The average Bonchev–Trinajstić information content (AvgIpc) is 2.70. The predicted molar refractivity (Wildman–Crippen MR) is 107 cm³/mol. The van der Waals surface area contributed by atoms with E-state index in [4.69, 9.17) is 25.2 Å². The Balaban J connectivity index is 0. The summed E-state index contributed by atoms with van der Waals surface area (Å²) in [6, 6.07) is 10.2. The fourth-order valence-corrected chi connectivity index (χ4v) is 1.92. The van der Waals surface area contributed by atoms with Crippen LogP contribution in [0.1, 0.15) is 64.4 Å². The van der Waals surface area contributed by atoms with Gasteiger partial charge in [0.2, 0.25) is 0 Å². The van der Waals surface area contributed by atoms with Gasteiger partial charge >= 0.3 is 0 Å². The number of benzene rings is 1. The van der Waals surface area contributed by atoms with Gasteiger partial charge < -0.3 is 25.2 Å². The maximum Gasteiger partial charge on any atom is 0.100 e. The third-order valence-electron chi connectivity index (χ3n) is 3.50. The number of hydrogen-bond acceptors (Lipinski definition) is 5. The molecule has 5 heteroatoms. The molecule has 0 radical (unpaired) electrons. The zero-order valence-corrected chi connectivity index (χ0v) is 16.6. The van der Waals surface area contributed by atoms with E-state index in [1.165, 1.54) is 44.1 Å². The van der Waals surface area contributed by atoms with Gasteiger partial charge in [-0.25, -0.2) is 0 Å². The van der Waals surface area contributed by atoms with Crippen LogP contribution in [0.4, 0.5) is 0 Å². The molecule has 0 saturated heterocycles. The first-order valence-corrected chi connectivity index (χ1v) is 9.78. The van der Waals surface area contributed by atoms with Crippen LogP contribution in [0.15, 0.2) is 30.3 Å². The smallest absolute Gasteiger partial charge is 0.100 e. The SMILES string of the molecule is CCCCCCCCCO.CCOCc1ccccc1.OCC(O)CO. The highest BCUT2D eigenvalue weighted by Gasteiger charge is 1.93. The van der Waals surface area contributed by atoms with Gasteiger partial charge in [-0.2, -0.15) is 0 Å². The molecule has 0 heterocycles. The van der Waals surface area contributed by atoms with E-state index in [9.17, 15) is 0 Å². The first-order chi connectivity index (χ1) is 12.7. The van der Waals surface area contributed by atoms with E-state index in [1.807, 2.05) is 25.1 Å². The molecule has 5 nitrogen and oxygen atoms in total. The Kier molecular flexibility index (Phi) is 25.2. The lowest BCUT2D eigenvalue weighted by Gasteiger charge is -1.98. The molecule has 0 atom stereocenters. The Hall–Kier alpha value is -0.980. The fraction of sp³-hybridized carbons (Fsp3) is 0.714. The third kappa shape index (κ3) is 23.0. The predicted octanol–water partition coefficient (Wildman–Crippen LogP) is 3.28. The molecular weight excluding hydrogens is 332 g/mol. The van der Waals surface area contributed by atoms with Crippen LogP contribution in [0.25, 0.3) is 0 Å². The van der Waals surface area contributed by atoms with Gasteiger partial charge in [0.15, 0.2) is 0 Å². The Morgan fingerprint density at radius 2 is 1.35 bits per heavy atom. The van der Waals surface area contributed by atoms with Crippen molar-refractivity contribution in [2.24, 2.45) is 0 Å². The van der Waals surface area contributed by atoms with E-state index >= 15 is 0 Å². The molecule has 1 rings (SSSR count). The normalized spacial score (nSPS) is 9.96. The first-order valence-electron chi connectivity index (χ1n) is 9.78. The van der Waals surface area contributed by atoms with Crippen molar-refractivity contribution in [1.29, 1.82) is 0 Å². The van der Waals surface area contributed by atoms with Gasteiger partial charge in [-0.1, -0.05) is 75.8 Å². The molecule has 0 aliphatic rings. The summed E-state index contributed by atoms with van der Waals surface area (Å²) >= 11 is 0. The van der Waals surface area contributed by atoms with Gasteiger partial charge in [0.25, 0.3) is 0 Å². The van der Waals surface area contributed by atoms with E-state index in [1.54, 1.807) is 0 Å². The molecule has 1 aromatic rings. The summed E-state index contributed by atoms with van der Waals surface area (Å²) < 4.78 is 5.22. The monoisotopic (exact) mass is 372 g/mol. The average molecular weight is 373 g/mol. The number of aliphatic hydroxyl groups excluding tert-OH is 4. The van der Waals surface area contributed by atoms with Gasteiger partial charge in [-0.3, -0.25) is 0 Å². The number of rotatable bonds is 12. The van der Waals surface area contributed by atoms with Crippen LogP contribution in [0.3, 0.4) is 0 Å². The first kappa shape index (κ1) is 27.2. The van der Waals surface area contributed by atoms with Crippen molar-refractivity contribution in [3.05, 3.63) is 35.9 Å². The second-order valence-corrected chi connectivity index (χ2v) is 5.99. The molecule has 154 valence electrons. The summed E-state index contributed by atoms with van der Waals surface area (Å²) in [6.45, 7) is 5.39. The molecule has 0 spiro atoms. The summed E-state index contributed by atoms with van der Waals surface area (Å²) in [6.07, 6.45) is 7.98. The lowest BCUT2D eigenvalue weighted by molar-refractivity contribution is 0.0450. The molecule has 0 fully saturated rings. The standard InChI is InChI=1S/C9H12O.C9H20O.C3H8O3/c1-2-10-8-9-6-4-3-5-7-9;1-2-3-4-5-6-7-8-9-10;4-1-3(6)2-5/h3-7H,2,8H2,1H3;10H,2-9H2,1H3;3-6H,1-2H2. The van der Waals surface area contributed by atoms with Crippen molar-refractivity contribution >= 4 is 0 Å². The lowest BCUT2D eigenvalue weighted by Crippen LogP contribution is -2.15. The zero-order valence-electron chi connectivity index (χ0n) is 16.6. The van der Waals surface area contributed by atoms with Crippen molar-refractivity contribution in [2.45, 2.75) is 71.5 Å². The Bertz CT molecular complexity index is 334. The van der Waals surface area contributed by atoms with Crippen LogP contribution >= 0.6 is 0 Å². The largest absolute Gasteiger partial charge is 0.396 e. The van der Waals surface area contributed by atoms with Crippen LogP contribution in [0, 0.1) is 0 Å². The van der Waals surface area contributed by atoms with E-state index in [2.05, 4.69) is 19.1 Å². The van der Waals surface area contributed by atoms with E-state index in [0.29, 0.717) is 6.61 Å². The summed E-state index contributed by atoms with van der Waals surface area (Å²) in [5, 5.41) is 32.5. The third-order valence-corrected chi connectivity index (χ3v) is 3.50. The maximum atomic E-state index is 8.47. The van der Waals surface area contributed by atoms with Crippen molar-refractivity contribution in [3.8, 4) is 0 Å². The molecule has 0 unspecified atom stereocenters. The number of unbranched alkanes of at least 4 members (excludes halogenated alkanes) is 6. The van der Waals surface area contributed by atoms with E-state index < -0.39 is 6.10 Å². The van der Waals surface area contributed by atoms with E-state index in [-0.39, 0.29) is 13.2 Å². The van der Waals surface area contributed by atoms with Gasteiger partial charge in [0.05, 0.1) is 19.8 Å².